The van der Waals surface area contributed by atoms with E-state index in [-0.39, 0.29) is 0 Å². The summed E-state index contributed by atoms with van der Waals surface area (Å²) in [5, 5.41) is 8.14. The molecular weight excluding hydrogens is 356 g/mol. The van der Waals surface area contributed by atoms with Crippen LogP contribution in [0.5, 0.6) is 0 Å². The molecule has 0 N–H and O–H groups in total. The fraction of sp³-hybridized carbons (Fsp3) is 0.500. The van der Waals surface area contributed by atoms with Crippen LogP contribution in [0.3, 0.4) is 0 Å². The molecule has 8 heteroatoms. The van der Waals surface area contributed by atoms with Crippen LogP contribution in [0.4, 0.5) is 0 Å². The molecule has 0 spiro atoms. The first-order valence-corrected chi connectivity index (χ1v) is 9.85. The van der Waals surface area contributed by atoms with Crippen LogP contribution < -0.4 is 0 Å². The number of piperazine rings is 1. The highest BCUT2D eigenvalue weighted by Gasteiger charge is 2.21. The van der Waals surface area contributed by atoms with E-state index in [1.807, 2.05) is 12.1 Å². The van der Waals surface area contributed by atoms with Crippen molar-refractivity contribution >= 4 is 0 Å². The lowest BCUT2D eigenvalue weighted by molar-refractivity contribution is 0.103. The molecule has 0 radical (unpaired) electrons. The van der Waals surface area contributed by atoms with Crippen molar-refractivity contribution in [3.63, 3.8) is 0 Å². The van der Waals surface area contributed by atoms with Crippen LogP contribution in [-0.2, 0) is 19.5 Å². The summed E-state index contributed by atoms with van der Waals surface area (Å²) in [5.41, 5.74) is 2.19. The Labute approximate surface area is 164 Å². The van der Waals surface area contributed by atoms with Crippen LogP contribution in [0, 0.1) is 6.92 Å². The third kappa shape index (κ3) is 4.63. The van der Waals surface area contributed by atoms with E-state index in [0.29, 0.717) is 30.7 Å². The average Bonchev–Trinajstić information content (AvgIpc) is 3.34. The topological polar surface area (TPSA) is 84.3 Å². The fourth-order valence-corrected chi connectivity index (χ4v) is 3.31. The molecule has 1 saturated heterocycles. The van der Waals surface area contributed by atoms with Gasteiger partial charge in [-0.1, -0.05) is 47.1 Å². The van der Waals surface area contributed by atoms with Gasteiger partial charge in [-0.2, -0.15) is 9.97 Å². The molecule has 0 unspecified atom stereocenters. The highest BCUT2D eigenvalue weighted by atomic mass is 16.5. The van der Waals surface area contributed by atoms with Gasteiger partial charge >= 0.3 is 0 Å². The van der Waals surface area contributed by atoms with Crippen molar-refractivity contribution in [1.29, 1.82) is 0 Å². The lowest BCUT2D eigenvalue weighted by Gasteiger charge is -2.32. The minimum atomic E-state index is 0.646. The lowest BCUT2D eigenvalue weighted by Crippen LogP contribution is -2.45. The van der Waals surface area contributed by atoms with Gasteiger partial charge in [-0.15, -0.1) is 0 Å². The first-order valence-electron chi connectivity index (χ1n) is 9.85. The maximum absolute atomic E-state index is 5.45. The molecule has 0 amide bonds. The Morgan fingerprint density at radius 3 is 2.11 bits per heavy atom. The Morgan fingerprint density at radius 1 is 0.857 bits per heavy atom. The van der Waals surface area contributed by atoms with Crippen LogP contribution >= 0.6 is 0 Å². The molecule has 4 rings (SSSR count). The largest absolute Gasteiger partial charge is 0.338 e. The Balaban J connectivity index is 1.27. The minimum absolute atomic E-state index is 0.646. The Bertz CT molecular complexity index is 880. The molecule has 3 aromatic rings. The van der Waals surface area contributed by atoms with Crippen LogP contribution in [0.2, 0.25) is 0 Å². The van der Waals surface area contributed by atoms with E-state index in [1.54, 1.807) is 0 Å². The van der Waals surface area contributed by atoms with Crippen LogP contribution in [-0.4, -0.2) is 56.3 Å². The fourth-order valence-electron chi connectivity index (χ4n) is 3.31. The van der Waals surface area contributed by atoms with E-state index in [0.717, 1.165) is 50.4 Å². The normalized spacial score (nSPS) is 15.9. The zero-order valence-corrected chi connectivity index (χ0v) is 16.5. The Kier molecular flexibility index (Phi) is 5.78. The van der Waals surface area contributed by atoms with Crippen molar-refractivity contribution in [3.8, 4) is 11.4 Å². The van der Waals surface area contributed by atoms with E-state index in [1.165, 1.54) is 5.56 Å². The summed E-state index contributed by atoms with van der Waals surface area (Å²) in [7, 11) is 0. The van der Waals surface area contributed by atoms with Crippen LogP contribution in [0.1, 0.15) is 36.5 Å². The Hall–Kier alpha value is -2.58. The second kappa shape index (κ2) is 8.62. The van der Waals surface area contributed by atoms with Gasteiger partial charge in [-0.25, -0.2) is 0 Å². The molecule has 1 aromatic carbocycles. The first-order chi connectivity index (χ1) is 13.7. The van der Waals surface area contributed by atoms with Crippen molar-refractivity contribution < 1.29 is 9.05 Å². The van der Waals surface area contributed by atoms with Gasteiger partial charge in [0, 0.05) is 38.2 Å². The maximum Gasteiger partial charge on any atom is 0.241 e. The van der Waals surface area contributed by atoms with Gasteiger partial charge < -0.3 is 9.05 Å². The van der Waals surface area contributed by atoms with E-state index in [9.17, 15) is 0 Å². The SMILES string of the molecule is CCCc1noc(CN2CCN(Cc3nc(-c4ccc(C)cc4)no3)CC2)n1. The summed E-state index contributed by atoms with van der Waals surface area (Å²) in [4.78, 5) is 13.7. The van der Waals surface area contributed by atoms with Gasteiger partial charge in [0.2, 0.25) is 17.6 Å². The number of aromatic nitrogens is 4. The second-order valence-electron chi connectivity index (χ2n) is 7.28. The summed E-state index contributed by atoms with van der Waals surface area (Å²) in [6.07, 6.45) is 1.89. The molecule has 1 fully saturated rings. The summed E-state index contributed by atoms with van der Waals surface area (Å²) in [6.45, 7) is 9.35. The second-order valence-corrected chi connectivity index (χ2v) is 7.28. The van der Waals surface area contributed by atoms with Gasteiger partial charge in [0.25, 0.3) is 0 Å². The minimum Gasteiger partial charge on any atom is -0.338 e. The van der Waals surface area contributed by atoms with Gasteiger partial charge in [0.1, 0.15) is 0 Å². The maximum atomic E-state index is 5.45. The number of nitrogens with zero attached hydrogens (tertiary/aromatic N) is 6. The number of hydrogen-bond acceptors (Lipinski definition) is 8. The van der Waals surface area contributed by atoms with Gasteiger partial charge in [0.15, 0.2) is 5.82 Å². The average molecular weight is 382 g/mol. The standard InChI is InChI=1S/C20H26N6O2/c1-3-4-17-21-18(27-23-17)13-25-9-11-26(12-10-25)14-19-22-20(24-28-19)16-7-5-15(2)6-8-16/h5-8H,3-4,9-14H2,1-2H3. The zero-order chi connectivity index (χ0) is 19.3. The quantitative estimate of drug-likeness (QED) is 0.617. The van der Waals surface area contributed by atoms with E-state index < -0.39 is 0 Å². The molecule has 8 nitrogen and oxygen atoms in total. The highest BCUT2D eigenvalue weighted by Crippen LogP contribution is 2.17. The predicted molar refractivity (Wildman–Crippen MR) is 103 cm³/mol. The van der Waals surface area contributed by atoms with Crippen molar-refractivity contribution in [2.24, 2.45) is 0 Å². The van der Waals surface area contributed by atoms with Crippen molar-refractivity contribution in [1.82, 2.24) is 30.1 Å². The van der Waals surface area contributed by atoms with Crippen LogP contribution in [0.15, 0.2) is 33.3 Å². The summed E-state index contributed by atoms with van der Waals surface area (Å²) < 4.78 is 10.8. The molecule has 28 heavy (non-hydrogen) atoms. The van der Waals surface area contributed by atoms with Crippen molar-refractivity contribution in [2.45, 2.75) is 39.8 Å². The monoisotopic (exact) mass is 382 g/mol. The molecule has 1 aliphatic rings. The number of hydrogen-bond donors (Lipinski definition) is 0. The van der Waals surface area contributed by atoms with Crippen LogP contribution in [0.25, 0.3) is 11.4 Å². The summed E-state index contributed by atoms with van der Waals surface area (Å²) in [6, 6.07) is 8.15. The number of benzene rings is 1. The molecule has 3 heterocycles. The zero-order valence-electron chi connectivity index (χ0n) is 16.5. The smallest absolute Gasteiger partial charge is 0.241 e. The summed E-state index contributed by atoms with van der Waals surface area (Å²) in [5.74, 6) is 2.81. The summed E-state index contributed by atoms with van der Waals surface area (Å²) >= 11 is 0. The molecule has 0 aliphatic carbocycles. The number of rotatable bonds is 7. The third-order valence-corrected chi connectivity index (χ3v) is 4.94. The molecule has 2 aromatic heterocycles. The Morgan fingerprint density at radius 2 is 1.46 bits per heavy atom. The van der Waals surface area contributed by atoms with Gasteiger partial charge in [-0.05, 0) is 13.3 Å². The predicted octanol–water partition coefficient (Wildman–Crippen LogP) is 2.70. The van der Waals surface area contributed by atoms with E-state index in [2.05, 4.69) is 56.1 Å². The van der Waals surface area contributed by atoms with Gasteiger partial charge in [-0.3, -0.25) is 9.80 Å². The van der Waals surface area contributed by atoms with E-state index >= 15 is 0 Å². The lowest BCUT2D eigenvalue weighted by atomic mass is 10.1. The molecule has 0 bridgehead atoms. The highest BCUT2D eigenvalue weighted by molar-refractivity contribution is 5.54. The molecule has 1 aliphatic heterocycles. The molecule has 0 saturated carbocycles. The number of aryl methyl sites for hydroxylation is 2. The molecule has 148 valence electrons. The molecular formula is C20H26N6O2. The van der Waals surface area contributed by atoms with Crippen molar-refractivity contribution in [3.05, 3.63) is 47.4 Å². The first kappa shape index (κ1) is 18.8. The van der Waals surface area contributed by atoms with E-state index in [4.69, 9.17) is 9.05 Å². The van der Waals surface area contributed by atoms with Gasteiger partial charge in [0.05, 0.1) is 13.1 Å². The molecule has 0 atom stereocenters. The van der Waals surface area contributed by atoms with Crippen molar-refractivity contribution in [2.75, 3.05) is 26.2 Å². The third-order valence-electron chi connectivity index (χ3n) is 4.94.